The molecule has 4 N–H and O–H groups in total. The standard InChI is InChI=1S/C12H26N4O2/c1-17-8-2-6-14-12(16-13)15-7-3-9-18-10-11-4-5-11/h11H,2-10,13H2,1H3,(H2,14,15,16). The van der Waals surface area contributed by atoms with Gasteiger partial charge in [-0.15, -0.1) is 0 Å². The Kier molecular flexibility index (Phi) is 8.54. The van der Waals surface area contributed by atoms with E-state index in [1.54, 1.807) is 7.11 Å². The lowest BCUT2D eigenvalue weighted by molar-refractivity contribution is 0.123. The largest absolute Gasteiger partial charge is 0.385 e. The van der Waals surface area contributed by atoms with Gasteiger partial charge >= 0.3 is 0 Å². The summed E-state index contributed by atoms with van der Waals surface area (Å²) in [4.78, 5) is 4.28. The van der Waals surface area contributed by atoms with Gasteiger partial charge in [-0.2, -0.15) is 0 Å². The molecule has 0 unspecified atom stereocenters. The molecule has 1 rings (SSSR count). The number of methoxy groups -OCH3 is 1. The van der Waals surface area contributed by atoms with E-state index in [-0.39, 0.29) is 0 Å². The molecule has 6 heteroatoms. The Balaban J connectivity index is 1.92. The quantitative estimate of drug-likeness (QED) is 0.172. The van der Waals surface area contributed by atoms with Crippen molar-refractivity contribution in [3.8, 4) is 0 Å². The maximum absolute atomic E-state index is 5.54. The highest BCUT2D eigenvalue weighted by atomic mass is 16.5. The van der Waals surface area contributed by atoms with Crippen LogP contribution in [0.15, 0.2) is 4.99 Å². The van der Waals surface area contributed by atoms with Crippen LogP contribution in [-0.2, 0) is 9.47 Å². The monoisotopic (exact) mass is 258 g/mol. The Bertz CT molecular complexity index is 232. The zero-order valence-corrected chi connectivity index (χ0v) is 11.3. The highest BCUT2D eigenvalue weighted by molar-refractivity contribution is 5.79. The minimum Gasteiger partial charge on any atom is -0.385 e. The minimum absolute atomic E-state index is 0.633. The van der Waals surface area contributed by atoms with E-state index in [1.807, 2.05) is 0 Å². The van der Waals surface area contributed by atoms with Gasteiger partial charge in [0.15, 0.2) is 0 Å². The molecule has 0 radical (unpaired) electrons. The van der Waals surface area contributed by atoms with Crippen molar-refractivity contribution in [2.45, 2.75) is 25.7 Å². The summed E-state index contributed by atoms with van der Waals surface area (Å²) in [5.41, 5.74) is 2.56. The lowest BCUT2D eigenvalue weighted by Crippen LogP contribution is -2.42. The zero-order valence-electron chi connectivity index (χ0n) is 11.3. The van der Waals surface area contributed by atoms with Crippen LogP contribution in [0.1, 0.15) is 25.7 Å². The van der Waals surface area contributed by atoms with Crippen LogP contribution in [0.3, 0.4) is 0 Å². The van der Waals surface area contributed by atoms with Crippen molar-refractivity contribution < 1.29 is 9.47 Å². The van der Waals surface area contributed by atoms with Crippen LogP contribution in [0.2, 0.25) is 0 Å². The molecule has 0 spiro atoms. The first kappa shape index (κ1) is 15.2. The van der Waals surface area contributed by atoms with Crippen LogP contribution in [0.5, 0.6) is 0 Å². The first-order chi connectivity index (χ1) is 8.86. The topological polar surface area (TPSA) is 80.9 Å². The van der Waals surface area contributed by atoms with Gasteiger partial charge < -0.3 is 14.8 Å². The predicted octanol–water partition coefficient (Wildman–Crippen LogP) is 0.249. The molecule has 1 saturated carbocycles. The van der Waals surface area contributed by atoms with Gasteiger partial charge in [0.25, 0.3) is 0 Å². The van der Waals surface area contributed by atoms with E-state index in [4.69, 9.17) is 15.3 Å². The van der Waals surface area contributed by atoms with E-state index in [9.17, 15) is 0 Å². The molecule has 0 atom stereocenters. The van der Waals surface area contributed by atoms with Gasteiger partial charge in [0.05, 0.1) is 0 Å². The van der Waals surface area contributed by atoms with Gasteiger partial charge in [-0.05, 0) is 31.6 Å². The first-order valence-electron chi connectivity index (χ1n) is 6.68. The van der Waals surface area contributed by atoms with Gasteiger partial charge in [-0.25, -0.2) is 5.84 Å². The Morgan fingerprint density at radius 2 is 2.17 bits per heavy atom. The molecule has 0 heterocycles. The number of hydrogen-bond acceptors (Lipinski definition) is 4. The number of aliphatic imine (C=N–C) groups is 1. The zero-order chi connectivity index (χ0) is 13.1. The average Bonchev–Trinajstić information content (AvgIpc) is 3.20. The second-order valence-corrected chi connectivity index (χ2v) is 4.52. The molecule has 6 nitrogen and oxygen atoms in total. The van der Waals surface area contributed by atoms with E-state index < -0.39 is 0 Å². The molecule has 1 aliphatic rings. The van der Waals surface area contributed by atoms with Crippen LogP contribution in [-0.4, -0.2) is 46.0 Å². The second kappa shape index (κ2) is 10.1. The number of nitrogens with one attached hydrogen (secondary N) is 2. The SMILES string of the molecule is COCCCN=C(NN)NCCCOCC1CC1. The molecule has 0 amide bonds. The summed E-state index contributed by atoms with van der Waals surface area (Å²) in [6.07, 6.45) is 4.54. The summed E-state index contributed by atoms with van der Waals surface area (Å²) in [5, 5.41) is 3.14. The number of guanidine groups is 1. The van der Waals surface area contributed by atoms with Gasteiger partial charge in [0, 0.05) is 40.0 Å². The van der Waals surface area contributed by atoms with Crippen LogP contribution >= 0.6 is 0 Å². The summed E-state index contributed by atoms with van der Waals surface area (Å²) >= 11 is 0. The third-order valence-corrected chi connectivity index (χ3v) is 2.72. The molecule has 106 valence electrons. The molecular formula is C12H26N4O2. The van der Waals surface area contributed by atoms with Crippen molar-refractivity contribution in [1.82, 2.24) is 10.7 Å². The Hall–Kier alpha value is -0.850. The molecule has 0 aromatic heterocycles. The first-order valence-corrected chi connectivity index (χ1v) is 6.68. The third kappa shape index (κ3) is 8.27. The Morgan fingerprint density at radius 1 is 1.33 bits per heavy atom. The Morgan fingerprint density at radius 3 is 2.83 bits per heavy atom. The van der Waals surface area contributed by atoms with Gasteiger partial charge in [0.1, 0.15) is 0 Å². The average molecular weight is 258 g/mol. The molecule has 0 bridgehead atoms. The summed E-state index contributed by atoms with van der Waals surface area (Å²) in [5.74, 6) is 6.84. The summed E-state index contributed by atoms with van der Waals surface area (Å²) in [6, 6.07) is 0. The molecule has 0 aromatic carbocycles. The molecular weight excluding hydrogens is 232 g/mol. The predicted molar refractivity (Wildman–Crippen MR) is 72.3 cm³/mol. The van der Waals surface area contributed by atoms with Crippen LogP contribution < -0.4 is 16.6 Å². The van der Waals surface area contributed by atoms with E-state index in [1.165, 1.54) is 12.8 Å². The number of nitrogens with zero attached hydrogens (tertiary/aromatic N) is 1. The minimum atomic E-state index is 0.633. The van der Waals surface area contributed by atoms with E-state index >= 15 is 0 Å². The van der Waals surface area contributed by atoms with Crippen molar-refractivity contribution in [3.05, 3.63) is 0 Å². The molecule has 18 heavy (non-hydrogen) atoms. The lowest BCUT2D eigenvalue weighted by atomic mass is 10.4. The van der Waals surface area contributed by atoms with E-state index in [0.717, 1.165) is 45.1 Å². The van der Waals surface area contributed by atoms with E-state index in [2.05, 4.69) is 15.7 Å². The van der Waals surface area contributed by atoms with Crippen molar-refractivity contribution in [1.29, 1.82) is 0 Å². The molecule has 1 aliphatic carbocycles. The van der Waals surface area contributed by atoms with Crippen LogP contribution in [0.4, 0.5) is 0 Å². The highest BCUT2D eigenvalue weighted by Gasteiger charge is 2.20. The number of hydrogen-bond donors (Lipinski definition) is 3. The Labute approximate surface area is 109 Å². The van der Waals surface area contributed by atoms with Crippen LogP contribution in [0.25, 0.3) is 0 Å². The number of nitrogens with two attached hydrogens (primary N) is 1. The highest BCUT2D eigenvalue weighted by Crippen LogP contribution is 2.28. The number of rotatable bonds is 10. The fourth-order valence-corrected chi connectivity index (χ4v) is 1.47. The van der Waals surface area contributed by atoms with Crippen LogP contribution in [0, 0.1) is 5.92 Å². The fourth-order valence-electron chi connectivity index (χ4n) is 1.47. The van der Waals surface area contributed by atoms with Crippen molar-refractivity contribution in [2.24, 2.45) is 16.8 Å². The summed E-state index contributed by atoms with van der Waals surface area (Å²) in [7, 11) is 1.69. The van der Waals surface area contributed by atoms with Gasteiger partial charge in [-0.3, -0.25) is 10.4 Å². The molecule has 0 aromatic rings. The molecule has 1 fully saturated rings. The number of ether oxygens (including phenoxy) is 2. The summed E-state index contributed by atoms with van der Waals surface area (Å²) in [6.45, 7) is 3.96. The normalized spacial score (nSPS) is 15.8. The lowest BCUT2D eigenvalue weighted by Gasteiger charge is -2.09. The van der Waals surface area contributed by atoms with Gasteiger partial charge in [0.2, 0.25) is 5.96 Å². The molecule has 0 saturated heterocycles. The van der Waals surface area contributed by atoms with Gasteiger partial charge in [-0.1, -0.05) is 0 Å². The maximum atomic E-state index is 5.54. The van der Waals surface area contributed by atoms with E-state index in [0.29, 0.717) is 12.5 Å². The van der Waals surface area contributed by atoms with Crippen molar-refractivity contribution in [2.75, 3.05) is 40.0 Å². The maximum Gasteiger partial charge on any atom is 0.205 e. The second-order valence-electron chi connectivity index (χ2n) is 4.52. The number of hydrazine groups is 1. The van der Waals surface area contributed by atoms with Crippen molar-refractivity contribution in [3.63, 3.8) is 0 Å². The summed E-state index contributed by atoms with van der Waals surface area (Å²) < 4.78 is 10.5. The third-order valence-electron chi connectivity index (χ3n) is 2.72. The fraction of sp³-hybridized carbons (Fsp3) is 0.917. The van der Waals surface area contributed by atoms with Crippen molar-refractivity contribution >= 4 is 5.96 Å². The smallest absolute Gasteiger partial charge is 0.205 e. The molecule has 0 aliphatic heterocycles.